The Morgan fingerprint density at radius 2 is 1.84 bits per heavy atom. The summed E-state index contributed by atoms with van der Waals surface area (Å²) in [5.41, 5.74) is -0.633. The summed E-state index contributed by atoms with van der Waals surface area (Å²) >= 11 is 0. The molecular weight excluding hydrogens is 238 g/mol. The minimum Gasteiger partial charge on any atom is -0.386 e. The molecule has 1 N–H and O–H groups in total. The molecule has 3 aliphatic rings. The van der Waals surface area contributed by atoms with Crippen LogP contribution in [-0.4, -0.2) is 34.6 Å². The highest BCUT2D eigenvalue weighted by Crippen LogP contribution is 2.49. The first-order valence-corrected chi connectivity index (χ1v) is 7.97. The molecule has 108 valence electrons. The van der Waals surface area contributed by atoms with E-state index in [2.05, 4.69) is 13.8 Å². The van der Waals surface area contributed by atoms with Gasteiger partial charge in [0.25, 0.3) is 0 Å². The molecule has 0 bridgehead atoms. The lowest BCUT2D eigenvalue weighted by atomic mass is 9.75. The van der Waals surface area contributed by atoms with Gasteiger partial charge in [0.2, 0.25) is 5.91 Å². The smallest absolute Gasteiger partial charge is 0.228 e. The van der Waals surface area contributed by atoms with E-state index in [-0.39, 0.29) is 5.41 Å². The first-order chi connectivity index (χ1) is 8.95. The van der Waals surface area contributed by atoms with E-state index in [1.807, 2.05) is 4.90 Å². The van der Waals surface area contributed by atoms with Crippen LogP contribution in [0.25, 0.3) is 0 Å². The number of rotatable bonds is 4. The van der Waals surface area contributed by atoms with Crippen LogP contribution in [0.1, 0.15) is 58.8 Å². The summed E-state index contributed by atoms with van der Waals surface area (Å²) in [6.45, 7) is 5.61. The van der Waals surface area contributed by atoms with Crippen molar-refractivity contribution in [2.45, 2.75) is 64.4 Å². The molecule has 1 amide bonds. The van der Waals surface area contributed by atoms with Gasteiger partial charge in [0.1, 0.15) is 5.60 Å². The van der Waals surface area contributed by atoms with E-state index < -0.39 is 5.60 Å². The standard InChI is InChI=1S/C16H27NO2/c1-12(2)9-15(7-3-4-8-15)14(18)17-10-16(19,11-17)13-5-6-13/h12-13,19H,3-11H2,1-2H3. The molecule has 2 saturated carbocycles. The van der Waals surface area contributed by atoms with Crippen LogP contribution >= 0.6 is 0 Å². The van der Waals surface area contributed by atoms with E-state index in [4.69, 9.17) is 0 Å². The van der Waals surface area contributed by atoms with Gasteiger partial charge in [-0.05, 0) is 43.9 Å². The van der Waals surface area contributed by atoms with Crippen LogP contribution in [0.2, 0.25) is 0 Å². The van der Waals surface area contributed by atoms with Gasteiger partial charge in [-0.15, -0.1) is 0 Å². The fraction of sp³-hybridized carbons (Fsp3) is 0.938. The molecular formula is C16H27NO2. The summed E-state index contributed by atoms with van der Waals surface area (Å²) < 4.78 is 0. The third-order valence-electron chi connectivity index (χ3n) is 5.37. The number of β-amino-alcohol motifs (C(OH)–C–C–N with tert-alkyl or cyclic N) is 1. The molecule has 3 rings (SSSR count). The number of nitrogens with zero attached hydrogens (tertiary/aromatic N) is 1. The summed E-state index contributed by atoms with van der Waals surface area (Å²) in [5, 5.41) is 10.4. The van der Waals surface area contributed by atoms with Crippen molar-refractivity contribution in [3.05, 3.63) is 0 Å². The zero-order chi connectivity index (χ0) is 13.7. The Labute approximate surface area is 116 Å². The number of carbonyl (C=O) groups is 1. The first-order valence-electron chi connectivity index (χ1n) is 7.97. The molecule has 0 atom stereocenters. The molecule has 0 aromatic carbocycles. The van der Waals surface area contributed by atoms with Gasteiger partial charge in [0.15, 0.2) is 0 Å². The number of carbonyl (C=O) groups excluding carboxylic acids is 1. The van der Waals surface area contributed by atoms with Crippen LogP contribution in [0, 0.1) is 17.3 Å². The van der Waals surface area contributed by atoms with Gasteiger partial charge in [0, 0.05) is 5.41 Å². The molecule has 19 heavy (non-hydrogen) atoms. The quantitative estimate of drug-likeness (QED) is 0.848. The molecule has 3 nitrogen and oxygen atoms in total. The minimum atomic E-state index is -0.534. The SMILES string of the molecule is CC(C)CC1(C(=O)N2CC(O)(C3CC3)C2)CCCC1. The number of hydrogen-bond acceptors (Lipinski definition) is 2. The topological polar surface area (TPSA) is 40.5 Å². The Morgan fingerprint density at radius 1 is 1.26 bits per heavy atom. The van der Waals surface area contributed by atoms with E-state index in [0.29, 0.717) is 30.8 Å². The van der Waals surface area contributed by atoms with Crippen LogP contribution in [0.4, 0.5) is 0 Å². The number of amides is 1. The lowest BCUT2D eigenvalue weighted by Crippen LogP contribution is -2.66. The fourth-order valence-corrected chi connectivity index (χ4v) is 4.31. The summed E-state index contributed by atoms with van der Waals surface area (Å²) in [6.07, 6.45) is 7.82. The largest absolute Gasteiger partial charge is 0.386 e. The number of likely N-dealkylation sites (tertiary alicyclic amines) is 1. The van der Waals surface area contributed by atoms with Crippen molar-refractivity contribution in [1.82, 2.24) is 4.90 Å². The van der Waals surface area contributed by atoms with Gasteiger partial charge in [-0.1, -0.05) is 26.7 Å². The Morgan fingerprint density at radius 3 is 2.32 bits per heavy atom. The van der Waals surface area contributed by atoms with Crippen LogP contribution in [0.5, 0.6) is 0 Å². The van der Waals surface area contributed by atoms with E-state index in [1.54, 1.807) is 0 Å². The summed E-state index contributed by atoms with van der Waals surface area (Å²) in [7, 11) is 0. The molecule has 3 heteroatoms. The molecule has 1 saturated heterocycles. The Kier molecular flexibility index (Phi) is 3.16. The van der Waals surface area contributed by atoms with Crippen LogP contribution in [-0.2, 0) is 4.79 Å². The number of hydrogen-bond donors (Lipinski definition) is 1. The second kappa shape index (κ2) is 4.47. The highest BCUT2D eigenvalue weighted by atomic mass is 16.3. The maximum atomic E-state index is 12.8. The molecule has 0 spiro atoms. The zero-order valence-corrected chi connectivity index (χ0v) is 12.3. The van der Waals surface area contributed by atoms with Gasteiger partial charge in [-0.2, -0.15) is 0 Å². The van der Waals surface area contributed by atoms with E-state index in [9.17, 15) is 9.90 Å². The van der Waals surface area contributed by atoms with Crippen molar-refractivity contribution in [3.63, 3.8) is 0 Å². The summed E-state index contributed by atoms with van der Waals surface area (Å²) in [5.74, 6) is 1.39. The molecule has 0 radical (unpaired) electrons. The van der Waals surface area contributed by atoms with Crippen LogP contribution in [0.15, 0.2) is 0 Å². The average Bonchev–Trinajstić information content (AvgIpc) is 3.06. The normalized spacial score (nSPS) is 28.5. The predicted molar refractivity (Wildman–Crippen MR) is 74.6 cm³/mol. The van der Waals surface area contributed by atoms with E-state index >= 15 is 0 Å². The number of aliphatic hydroxyl groups is 1. The average molecular weight is 265 g/mol. The van der Waals surface area contributed by atoms with Gasteiger partial charge < -0.3 is 10.0 Å². The molecule has 2 aliphatic carbocycles. The maximum absolute atomic E-state index is 12.8. The monoisotopic (exact) mass is 265 g/mol. The third-order valence-corrected chi connectivity index (χ3v) is 5.37. The van der Waals surface area contributed by atoms with Crippen molar-refractivity contribution in [2.24, 2.45) is 17.3 Å². The molecule has 0 aromatic heterocycles. The van der Waals surface area contributed by atoms with Crippen molar-refractivity contribution in [1.29, 1.82) is 0 Å². The van der Waals surface area contributed by atoms with Crippen molar-refractivity contribution < 1.29 is 9.90 Å². The van der Waals surface area contributed by atoms with Crippen LogP contribution < -0.4 is 0 Å². The Bertz CT molecular complexity index is 361. The second-order valence-electron chi connectivity index (χ2n) is 7.62. The highest BCUT2D eigenvalue weighted by molar-refractivity contribution is 5.84. The maximum Gasteiger partial charge on any atom is 0.228 e. The minimum absolute atomic E-state index is 0.0982. The van der Waals surface area contributed by atoms with Gasteiger partial charge >= 0.3 is 0 Å². The third kappa shape index (κ3) is 2.31. The molecule has 1 aliphatic heterocycles. The Hall–Kier alpha value is -0.570. The zero-order valence-electron chi connectivity index (χ0n) is 12.3. The lowest BCUT2D eigenvalue weighted by Gasteiger charge is -2.50. The molecule has 1 heterocycles. The lowest BCUT2D eigenvalue weighted by molar-refractivity contribution is -0.170. The van der Waals surface area contributed by atoms with Crippen molar-refractivity contribution >= 4 is 5.91 Å². The Balaban J connectivity index is 1.65. The van der Waals surface area contributed by atoms with Gasteiger partial charge in [0.05, 0.1) is 13.1 Å². The predicted octanol–water partition coefficient (Wildman–Crippen LogP) is 2.58. The summed E-state index contributed by atoms with van der Waals surface area (Å²) in [6, 6.07) is 0. The van der Waals surface area contributed by atoms with E-state index in [0.717, 1.165) is 32.1 Å². The van der Waals surface area contributed by atoms with Gasteiger partial charge in [-0.25, -0.2) is 0 Å². The molecule has 3 fully saturated rings. The van der Waals surface area contributed by atoms with Crippen molar-refractivity contribution in [3.8, 4) is 0 Å². The molecule has 0 unspecified atom stereocenters. The van der Waals surface area contributed by atoms with Crippen molar-refractivity contribution in [2.75, 3.05) is 13.1 Å². The van der Waals surface area contributed by atoms with E-state index in [1.165, 1.54) is 12.8 Å². The van der Waals surface area contributed by atoms with Gasteiger partial charge in [-0.3, -0.25) is 4.79 Å². The van der Waals surface area contributed by atoms with Crippen LogP contribution in [0.3, 0.4) is 0 Å². The molecule has 0 aromatic rings. The summed E-state index contributed by atoms with van der Waals surface area (Å²) in [4.78, 5) is 14.8. The second-order valence-corrected chi connectivity index (χ2v) is 7.62. The fourth-order valence-electron chi connectivity index (χ4n) is 4.31. The first kappa shape index (κ1) is 13.4. The highest BCUT2D eigenvalue weighted by Gasteiger charge is 2.56.